The van der Waals surface area contributed by atoms with Gasteiger partial charge in [-0.2, -0.15) is 5.26 Å². The van der Waals surface area contributed by atoms with Gasteiger partial charge in [-0.15, -0.1) is 0 Å². The van der Waals surface area contributed by atoms with Crippen LogP contribution in [0.25, 0.3) is 22.3 Å². The molecule has 0 radical (unpaired) electrons. The fraction of sp³-hybridized carbons (Fsp3) is 0.0476. The Morgan fingerprint density at radius 1 is 0.885 bits per heavy atom. The molecule has 4 aromatic rings. The molecular weight excluding hydrogens is 322 g/mol. The molecule has 5 heteroatoms. The smallest absolute Gasteiger partial charge is 0.163 e. The van der Waals surface area contributed by atoms with Crippen molar-refractivity contribution in [2.75, 3.05) is 5.32 Å². The lowest BCUT2D eigenvalue weighted by molar-refractivity contribution is 1.03. The maximum Gasteiger partial charge on any atom is 0.163 e. The molecule has 0 saturated heterocycles. The highest BCUT2D eigenvalue weighted by atomic mass is 15.0. The molecule has 0 fully saturated rings. The molecule has 2 aromatic heterocycles. The predicted octanol–water partition coefficient (Wildman–Crippen LogP) is 4.18. The number of anilines is 1. The van der Waals surface area contributed by atoms with Crippen molar-refractivity contribution in [3.8, 4) is 17.5 Å². The summed E-state index contributed by atoms with van der Waals surface area (Å²) in [6, 6.07) is 23.2. The Balaban J connectivity index is 1.80. The molecule has 0 saturated carbocycles. The van der Waals surface area contributed by atoms with Crippen molar-refractivity contribution in [2.24, 2.45) is 0 Å². The van der Waals surface area contributed by atoms with E-state index in [1.807, 2.05) is 60.7 Å². The molecule has 0 amide bonds. The third-order valence-corrected chi connectivity index (χ3v) is 4.05. The molecule has 0 aliphatic carbocycles. The van der Waals surface area contributed by atoms with E-state index in [2.05, 4.69) is 21.4 Å². The first-order valence-electron chi connectivity index (χ1n) is 8.25. The number of para-hydroxylation sites is 1. The summed E-state index contributed by atoms with van der Waals surface area (Å²) >= 11 is 0. The van der Waals surface area contributed by atoms with E-state index in [0.29, 0.717) is 17.9 Å². The SMILES string of the molecule is N#Cc1ccccc1-c1nc(NCc2ccccn2)c2ccccc2n1. The molecule has 2 heterocycles. The third kappa shape index (κ3) is 3.08. The van der Waals surface area contributed by atoms with Crippen LogP contribution in [0.2, 0.25) is 0 Å². The van der Waals surface area contributed by atoms with Crippen LogP contribution in [0, 0.1) is 11.3 Å². The molecule has 0 bridgehead atoms. The van der Waals surface area contributed by atoms with Crippen molar-refractivity contribution in [2.45, 2.75) is 6.54 Å². The van der Waals surface area contributed by atoms with Gasteiger partial charge in [-0.25, -0.2) is 9.97 Å². The molecule has 2 aromatic carbocycles. The molecule has 26 heavy (non-hydrogen) atoms. The molecule has 0 unspecified atom stereocenters. The summed E-state index contributed by atoms with van der Waals surface area (Å²) in [7, 11) is 0. The van der Waals surface area contributed by atoms with E-state index in [1.54, 1.807) is 12.3 Å². The van der Waals surface area contributed by atoms with E-state index >= 15 is 0 Å². The van der Waals surface area contributed by atoms with Gasteiger partial charge in [-0.1, -0.05) is 30.3 Å². The molecule has 1 N–H and O–H groups in total. The molecule has 0 aliphatic heterocycles. The standard InChI is InChI=1S/C21H15N5/c22-13-15-7-1-2-9-17(15)21-25-19-11-4-3-10-18(19)20(26-21)24-14-16-8-5-6-12-23-16/h1-12H,14H2,(H,24,25,26). The number of pyridine rings is 1. The molecule has 5 nitrogen and oxygen atoms in total. The van der Waals surface area contributed by atoms with Crippen LogP contribution >= 0.6 is 0 Å². The van der Waals surface area contributed by atoms with Gasteiger partial charge in [0.25, 0.3) is 0 Å². The minimum absolute atomic E-state index is 0.532. The topological polar surface area (TPSA) is 74.5 Å². The number of hydrogen-bond donors (Lipinski definition) is 1. The summed E-state index contributed by atoms with van der Waals surface area (Å²) < 4.78 is 0. The molecule has 0 aliphatic rings. The number of fused-ring (bicyclic) bond motifs is 1. The van der Waals surface area contributed by atoms with Crippen LogP contribution in [-0.2, 0) is 6.54 Å². The second kappa shape index (κ2) is 6.99. The average Bonchev–Trinajstić information content (AvgIpc) is 2.72. The number of nitriles is 1. The molecule has 0 spiro atoms. The summed E-state index contributed by atoms with van der Waals surface area (Å²) in [6.07, 6.45) is 1.77. The maximum absolute atomic E-state index is 9.38. The van der Waals surface area contributed by atoms with E-state index in [1.165, 1.54) is 0 Å². The first-order chi connectivity index (χ1) is 12.8. The van der Waals surface area contributed by atoms with Crippen LogP contribution in [0.3, 0.4) is 0 Å². The first kappa shape index (κ1) is 15.7. The van der Waals surface area contributed by atoms with E-state index in [9.17, 15) is 5.26 Å². The summed E-state index contributed by atoms with van der Waals surface area (Å²) in [5, 5.41) is 13.7. The molecule has 0 atom stereocenters. The van der Waals surface area contributed by atoms with E-state index in [0.717, 1.165) is 28.0 Å². The lowest BCUT2D eigenvalue weighted by atomic mass is 10.1. The van der Waals surface area contributed by atoms with Gasteiger partial charge >= 0.3 is 0 Å². The van der Waals surface area contributed by atoms with Gasteiger partial charge in [0.05, 0.1) is 29.4 Å². The van der Waals surface area contributed by atoms with Gasteiger partial charge < -0.3 is 5.32 Å². The predicted molar refractivity (Wildman–Crippen MR) is 101 cm³/mol. The van der Waals surface area contributed by atoms with Gasteiger partial charge in [0, 0.05) is 17.1 Å². The van der Waals surface area contributed by atoms with Crippen molar-refractivity contribution < 1.29 is 0 Å². The van der Waals surface area contributed by atoms with E-state index in [4.69, 9.17) is 4.98 Å². The number of rotatable bonds is 4. The second-order valence-electron chi connectivity index (χ2n) is 5.74. The highest BCUT2D eigenvalue weighted by molar-refractivity contribution is 5.90. The highest BCUT2D eigenvalue weighted by Crippen LogP contribution is 2.26. The Morgan fingerprint density at radius 3 is 2.54 bits per heavy atom. The van der Waals surface area contributed by atoms with Crippen LogP contribution in [-0.4, -0.2) is 15.0 Å². The van der Waals surface area contributed by atoms with Crippen LogP contribution in [0.5, 0.6) is 0 Å². The summed E-state index contributed by atoms with van der Waals surface area (Å²) in [6.45, 7) is 0.557. The Labute approximate surface area is 151 Å². The average molecular weight is 337 g/mol. The molecule has 124 valence electrons. The Hall–Kier alpha value is -3.78. The first-order valence-corrected chi connectivity index (χ1v) is 8.25. The quantitative estimate of drug-likeness (QED) is 0.605. The highest BCUT2D eigenvalue weighted by Gasteiger charge is 2.12. The summed E-state index contributed by atoms with van der Waals surface area (Å²) in [5.74, 6) is 1.26. The van der Waals surface area contributed by atoms with Crippen molar-refractivity contribution in [3.63, 3.8) is 0 Å². The second-order valence-corrected chi connectivity index (χ2v) is 5.74. The van der Waals surface area contributed by atoms with Crippen molar-refractivity contribution in [1.29, 1.82) is 5.26 Å². The summed E-state index contributed by atoms with van der Waals surface area (Å²) in [5.41, 5.74) is 3.03. The zero-order valence-electron chi connectivity index (χ0n) is 13.9. The van der Waals surface area contributed by atoms with Gasteiger partial charge in [0.2, 0.25) is 0 Å². The fourth-order valence-corrected chi connectivity index (χ4v) is 2.78. The van der Waals surface area contributed by atoms with Crippen molar-refractivity contribution in [1.82, 2.24) is 15.0 Å². The van der Waals surface area contributed by atoms with Gasteiger partial charge in [0.1, 0.15) is 5.82 Å². The molecule has 4 rings (SSSR count). The van der Waals surface area contributed by atoms with Crippen LogP contribution < -0.4 is 5.32 Å². The Kier molecular flexibility index (Phi) is 4.23. The van der Waals surface area contributed by atoms with Crippen molar-refractivity contribution in [3.05, 3.63) is 84.2 Å². The largest absolute Gasteiger partial charge is 0.364 e. The minimum atomic E-state index is 0.532. The van der Waals surface area contributed by atoms with Gasteiger partial charge in [-0.05, 0) is 36.4 Å². The van der Waals surface area contributed by atoms with E-state index in [-0.39, 0.29) is 0 Å². The minimum Gasteiger partial charge on any atom is -0.364 e. The number of nitrogens with one attached hydrogen (secondary N) is 1. The van der Waals surface area contributed by atoms with Gasteiger partial charge in [0.15, 0.2) is 5.82 Å². The summed E-state index contributed by atoms with van der Waals surface area (Å²) in [4.78, 5) is 13.7. The van der Waals surface area contributed by atoms with E-state index < -0.39 is 0 Å². The Bertz CT molecular complexity index is 1100. The number of aromatic nitrogens is 3. The maximum atomic E-state index is 9.38. The van der Waals surface area contributed by atoms with Crippen molar-refractivity contribution >= 4 is 16.7 Å². The molecular formula is C21H15N5. The number of nitrogens with zero attached hydrogens (tertiary/aromatic N) is 4. The van der Waals surface area contributed by atoms with Crippen LogP contribution in [0.15, 0.2) is 72.9 Å². The third-order valence-electron chi connectivity index (χ3n) is 4.05. The Morgan fingerprint density at radius 2 is 1.69 bits per heavy atom. The van der Waals surface area contributed by atoms with Gasteiger partial charge in [-0.3, -0.25) is 4.98 Å². The zero-order chi connectivity index (χ0) is 17.8. The van der Waals surface area contributed by atoms with Crippen LogP contribution in [0.1, 0.15) is 11.3 Å². The monoisotopic (exact) mass is 337 g/mol. The lowest BCUT2D eigenvalue weighted by Crippen LogP contribution is -2.05. The fourth-order valence-electron chi connectivity index (χ4n) is 2.78. The number of benzene rings is 2. The lowest BCUT2D eigenvalue weighted by Gasteiger charge is -2.11. The number of hydrogen-bond acceptors (Lipinski definition) is 5. The zero-order valence-corrected chi connectivity index (χ0v) is 13.9. The van der Waals surface area contributed by atoms with Crippen LogP contribution in [0.4, 0.5) is 5.82 Å². The normalized spacial score (nSPS) is 10.4.